The highest BCUT2D eigenvalue weighted by atomic mass is 19.4. The maximum atomic E-state index is 13.1. The number of carbonyl (C=O) groups is 2. The summed E-state index contributed by atoms with van der Waals surface area (Å²) < 4.78 is 39.2. The van der Waals surface area contributed by atoms with Gasteiger partial charge in [-0.2, -0.15) is 13.2 Å². The molecule has 0 aromatic heterocycles. The van der Waals surface area contributed by atoms with Crippen LogP contribution in [0.5, 0.6) is 0 Å². The van der Waals surface area contributed by atoms with Crippen molar-refractivity contribution in [3.63, 3.8) is 0 Å². The number of rotatable bonds is 5. The zero-order chi connectivity index (χ0) is 16.3. The average Bonchev–Trinajstić information content (AvgIpc) is 2.85. The summed E-state index contributed by atoms with van der Waals surface area (Å²) in [5.41, 5.74) is -2.84. The minimum Gasteiger partial charge on any atom is -0.481 e. The summed E-state index contributed by atoms with van der Waals surface area (Å²) in [6, 6.07) is -0.515. The molecule has 8 heteroatoms. The highest BCUT2D eigenvalue weighted by Crippen LogP contribution is 2.45. The van der Waals surface area contributed by atoms with Crippen LogP contribution in [0.4, 0.5) is 18.0 Å². The molecule has 1 atom stereocenters. The number of likely N-dealkylation sites (tertiary alicyclic amines) is 1. The molecule has 1 heterocycles. The van der Waals surface area contributed by atoms with E-state index in [-0.39, 0.29) is 6.54 Å². The Morgan fingerprint density at radius 3 is 2.33 bits per heavy atom. The van der Waals surface area contributed by atoms with Crippen LogP contribution in [0, 0.1) is 5.41 Å². The van der Waals surface area contributed by atoms with Crippen LogP contribution in [0.2, 0.25) is 0 Å². The first-order valence-corrected chi connectivity index (χ1v) is 7.03. The number of aliphatic carboxylic acids is 1. The minimum atomic E-state index is -4.87. The van der Waals surface area contributed by atoms with Crippen molar-refractivity contribution in [2.75, 3.05) is 26.2 Å². The predicted molar refractivity (Wildman–Crippen MR) is 69.9 cm³/mol. The SMILES string of the molecule is CCCCN(CC)C(=O)N1CCC(C(=O)O)(C(F)(F)F)C1. The van der Waals surface area contributed by atoms with Gasteiger partial charge in [0.2, 0.25) is 0 Å². The maximum absolute atomic E-state index is 13.1. The third-order valence-electron chi connectivity index (χ3n) is 3.93. The number of nitrogens with zero attached hydrogens (tertiary/aromatic N) is 2. The van der Waals surface area contributed by atoms with Crippen molar-refractivity contribution >= 4 is 12.0 Å². The van der Waals surface area contributed by atoms with Gasteiger partial charge in [-0.1, -0.05) is 13.3 Å². The lowest BCUT2D eigenvalue weighted by molar-refractivity contribution is -0.227. The van der Waals surface area contributed by atoms with Crippen molar-refractivity contribution in [3.8, 4) is 0 Å². The van der Waals surface area contributed by atoms with Gasteiger partial charge in [0.05, 0.1) is 0 Å². The molecule has 0 aromatic rings. The van der Waals surface area contributed by atoms with E-state index >= 15 is 0 Å². The number of unbranched alkanes of at least 4 members (excludes halogenated alkanes) is 1. The largest absolute Gasteiger partial charge is 0.481 e. The first-order valence-electron chi connectivity index (χ1n) is 7.03. The second-order valence-electron chi connectivity index (χ2n) is 5.27. The Bertz CT molecular complexity index is 401. The summed E-state index contributed by atoms with van der Waals surface area (Å²) in [4.78, 5) is 25.7. The fourth-order valence-corrected chi connectivity index (χ4v) is 2.44. The van der Waals surface area contributed by atoms with Crippen molar-refractivity contribution in [3.05, 3.63) is 0 Å². The highest BCUT2D eigenvalue weighted by Gasteiger charge is 2.64. The van der Waals surface area contributed by atoms with E-state index in [2.05, 4.69) is 0 Å². The molecule has 1 N–H and O–H groups in total. The van der Waals surface area contributed by atoms with E-state index < -0.39 is 36.6 Å². The normalized spacial score (nSPS) is 22.4. The third-order valence-corrected chi connectivity index (χ3v) is 3.93. The quantitative estimate of drug-likeness (QED) is 0.849. The van der Waals surface area contributed by atoms with Crippen molar-refractivity contribution in [2.45, 2.75) is 39.3 Å². The molecule has 0 aliphatic carbocycles. The van der Waals surface area contributed by atoms with Crippen LogP contribution in [-0.4, -0.2) is 59.3 Å². The van der Waals surface area contributed by atoms with Crippen LogP contribution in [0.25, 0.3) is 0 Å². The molecule has 21 heavy (non-hydrogen) atoms. The number of carbonyl (C=O) groups excluding carboxylic acids is 1. The highest BCUT2D eigenvalue weighted by molar-refractivity contribution is 5.80. The Morgan fingerprint density at radius 2 is 1.95 bits per heavy atom. The molecule has 0 spiro atoms. The summed E-state index contributed by atoms with van der Waals surface area (Å²) in [5, 5.41) is 8.96. The zero-order valence-electron chi connectivity index (χ0n) is 12.2. The number of carboxylic acid groups (broad SMARTS) is 1. The fraction of sp³-hybridized carbons (Fsp3) is 0.846. The number of urea groups is 1. The van der Waals surface area contributed by atoms with Gasteiger partial charge in [0.1, 0.15) is 0 Å². The molecule has 1 saturated heterocycles. The summed E-state index contributed by atoms with van der Waals surface area (Å²) >= 11 is 0. The lowest BCUT2D eigenvalue weighted by atomic mass is 9.86. The van der Waals surface area contributed by atoms with E-state index in [1.165, 1.54) is 4.90 Å². The molecule has 0 radical (unpaired) electrons. The van der Waals surface area contributed by atoms with Crippen LogP contribution in [0.15, 0.2) is 0 Å². The number of hydrogen-bond acceptors (Lipinski definition) is 2. The van der Waals surface area contributed by atoms with E-state index in [0.29, 0.717) is 13.1 Å². The van der Waals surface area contributed by atoms with Crippen LogP contribution in [0.3, 0.4) is 0 Å². The van der Waals surface area contributed by atoms with Crippen LogP contribution >= 0.6 is 0 Å². The van der Waals surface area contributed by atoms with Crippen LogP contribution in [0.1, 0.15) is 33.1 Å². The van der Waals surface area contributed by atoms with Crippen LogP contribution < -0.4 is 0 Å². The van der Waals surface area contributed by atoms with E-state index in [9.17, 15) is 22.8 Å². The molecular weight excluding hydrogens is 289 g/mol. The van der Waals surface area contributed by atoms with Crippen molar-refractivity contribution in [2.24, 2.45) is 5.41 Å². The van der Waals surface area contributed by atoms with Gasteiger partial charge < -0.3 is 14.9 Å². The number of halogens is 3. The van der Waals surface area contributed by atoms with Gasteiger partial charge in [-0.05, 0) is 19.8 Å². The number of carboxylic acids is 1. The first kappa shape index (κ1) is 17.6. The Balaban J connectivity index is 2.84. The summed E-state index contributed by atoms with van der Waals surface area (Å²) in [6.07, 6.45) is -3.83. The molecular formula is C13H21F3N2O3. The monoisotopic (exact) mass is 310 g/mol. The zero-order valence-corrected chi connectivity index (χ0v) is 12.2. The molecule has 1 aliphatic heterocycles. The number of amides is 2. The van der Waals surface area contributed by atoms with Gasteiger partial charge in [0.15, 0.2) is 5.41 Å². The molecule has 1 rings (SSSR count). The molecule has 5 nitrogen and oxygen atoms in total. The van der Waals surface area contributed by atoms with Crippen molar-refractivity contribution in [1.82, 2.24) is 9.80 Å². The number of hydrogen-bond donors (Lipinski definition) is 1. The summed E-state index contributed by atoms with van der Waals surface area (Å²) in [7, 11) is 0. The Labute approximate surface area is 121 Å². The molecule has 0 saturated carbocycles. The lowest BCUT2D eigenvalue weighted by Crippen LogP contribution is -2.49. The summed E-state index contributed by atoms with van der Waals surface area (Å²) in [6.45, 7) is 3.56. The topological polar surface area (TPSA) is 60.9 Å². The average molecular weight is 310 g/mol. The maximum Gasteiger partial charge on any atom is 0.406 e. The van der Waals surface area contributed by atoms with Gasteiger partial charge in [-0.15, -0.1) is 0 Å². The molecule has 1 unspecified atom stereocenters. The second kappa shape index (κ2) is 6.53. The standard InChI is InChI=1S/C13H21F3N2O3/c1-3-5-7-17(4-2)11(21)18-8-6-12(9-18,10(19)20)13(14,15)16/h3-9H2,1-2H3,(H,19,20). The van der Waals surface area contributed by atoms with Crippen LogP contribution in [-0.2, 0) is 4.79 Å². The Morgan fingerprint density at radius 1 is 1.33 bits per heavy atom. The third kappa shape index (κ3) is 3.41. The van der Waals surface area contributed by atoms with Gasteiger partial charge in [-0.25, -0.2) is 4.79 Å². The Hall–Kier alpha value is -1.47. The lowest BCUT2D eigenvalue weighted by Gasteiger charge is -2.30. The van der Waals surface area contributed by atoms with Gasteiger partial charge in [-0.3, -0.25) is 4.79 Å². The second-order valence-corrected chi connectivity index (χ2v) is 5.27. The van der Waals surface area contributed by atoms with Gasteiger partial charge in [0.25, 0.3) is 0 Å². The number of alkyl halides is 3. The van der Waals surface area contributed by atoms with E-state index in [1.807, 2.05) is 6.92 Å². The molecule has 1 fully saturated rings. The minimum absolute atomic E-state index is 0.187. The molecule has 1 aliphatic rings. The van der Waals surface area contributed by atoms with Gasteiger partial charge in [0, 0.05) is 26.2 Å². The van der Waals surface area contributed by atoms with Gasteiger partial charge >= 0.3 is 18.2 Å². The molecule has 0 bridgehead atoms. The molecule has 0 aromatic carbocycles. The smallest absolute Gasteiger partial charge is 0.406 e. The van der Waals surface area contributed by atoms with E-state index in [4.69, 9.17) is 5.11 Å². The van der Waals surface area contributed by atoms with Crippen molar-refractivity contribution in [1.29, 1.82) is 0 Å². The Kier molecular flexibility index (Phi) is 5.47. The van der Waals surface area contributed by atoms with E-state index in [0.717, 1.165) is 17.7 Å². The summed E-state index contributed by atoms with van der Waals surface area (Å²) in [5.74, 6) is -1.91. The van der Waals surface area contributed by atoms with E-state index in [1.54, 1.807) is 6.92 Å². The first-order chi connectivity index (χ1) is 9.69. The fourth-order valence-electron chi connectivity index (χ4n) is 2.44. The predicted octanol–water partition coefficient (Wildman–Crippen LogP) is 2.57. The molecule has 122 valence electrons. The molecule has 2 amide bonds. The van der Waals surface area contributed by atoms with Crippen molar-refractivity contribution < 1.29 is 27.9 Å².